The highest BCUT2D eigenvalue weighted by atomic mass is 32.2. The van der Waals surface area contributed by atoms with Gasteiger partial charge in [0.1, 0.15) is 5.75 Å². The Bertz CT molecular complexity index is 507. The molecule has 0 aliphatic carbocycles. The number of sulfone groups is 1. The second-order valence-corrected chi connectivity index (χ2v) is 6.56. The summed E-state index contributed by atoms with van der Waals surface area (Å²) in [4.78, 5) is 11.6. The third kappa shape index (κ3) is 5.29. The van der Waals surface area contributed by atoms with Gasteiger partial charge in [-0.25, -0.2) is 8.42 Å². The fourth-order valence-electron chi connectivity index (χ4n) is 1.49. The zero-order valence-electron chi connectivity index (χ0n) is 10.5. The number of nitrogens with two attached hydrogens (primary N) is 1. The van der Waals surface area contributed by atoms with Crippen molar-refractivity contribution in [3.05, 3.63) is 29.8 Å². The van der Waals surface area contributed by atoms with Gasteiger partial charge in [-0.05, 0) is 26.0 Å². The Morgan fingerprint density at radius 3 is 2.39 bits per heavy atom. The molecule has 5 nitrogen and oxygen atoms in total. The average Bonchev–Trinajstić information content (AvgIpc) is 2.18. The summed E-state index contributed by atoms with van der Waals surface area (Å²) in [6.07, 6.45) is 0. The van der Waals surface area contributed by atoms with Gasteiger partial charge in [-0.3, -0.25) is 4.79 Å². The van der Waals surface area contributed by atoms with Gasteiger partial charge in [-0.2, -0.15) is 0 Å². The first-order valence-corrected chi connectivity index (χ1v) is 7.43. The quantitative estimate of drug-likeness (QED) is 0.824. The zero-order valence-corrected chi connectivity index (χ0v) is 11.3. The van der Waals surface area contributed by atoms with Crippen molar-refractivity contribution in [3.63, 3.8) is 0 Å². The van der Waals surface area contributed by atoms with Crippen LogP contribution in [0.1, 0.15) is 12.5 Å². The Balaban J connectivity index is 2.59. The van der Waals surface area contributed by atoms with E-state index in [-0.39, 0.29) is 5.75 Å². The Morgan fingerprint density at radius 2 is 1.89 bits per heavy atom. The lowest BCUT2D eigenvalue weighted by Gasteiger charge is -2.08. The van der Waals surface area contributed by atoms with Gasteiger partial charge >= 0.3 is 0 Å². The lowest BCUT2D eigenvalue weighted by atomic mass is 10.2. The minimum absolute atomic E-state index is 0.186. The smallest absolute Gasteiger partial charge is 0.239 e. The van der Waals surface area contributed by atoms with Gasteiger partial charge in [-0.1, -0.05) is 17.7 Å². The molecule has 1 rings (SSSR count). The van der Waals surface area contributed by atoms with Crippen molar-refractivity contribution in [2.45, 2.75) is 19.9 Å². The molecule has 18 heavy (non-hydrogen) atoms. The minimum Gasteiger partial charge on any atom is -0.327 e. The predicted molar refractivity (Wildman–Crippen MR) is 72.1 cm³/mol. The summed E-state index contributed by atoms with van der Waals surface area (Å²) < 4.78 is 23.1. The fourth-order valence-corrected chi connectivity index (χ4v) is 2.88. The maximum atomic E-state index is 11.6. The predicted octanol–water partition coefficient (Wildman–Crippen LogP) is 0.696. The minimum atomic E-state index is -3.45. The highest BCUT2D eigenvalue weighted by Crippen LogP contribution is 2.08. The second-order valence-electron chi connectivity index (χ2n) is 4.45. The van der Waals surface area contributed by atoms with Crippen molar-refractivity contribution in [1.82, 2.24) is 0 Å². The van der Waals surface area contributed by atoms with E-state index >= 15 is 0 Å². The van der Waals surface area contributed by atoms with Gasteiger partial charge in [0.2, 0.25) is 5.91 Å². The van der Waals surface area contributed by atoms with Crippen LogP contribution in [0.3, 0.4) is 0 Å². The van der Waals surface area contributed by atoms with E-state index in [1.165, 1.54) is 0 Å². The van der Waals surface area contributed by atoms with Crippen LogP contribution < -0.4 is 11.1 Å². The molecule has 0 aliphatic rings. The second kappa shape index (κ2) is 5.97. The lowest BCUT2D eigenvalue weighted by Crippen LogP contribution is -2.32. The van der Waals surface area contributed by atoms with E-state index in [2.05, 4.69) is 5.32 Å². The molecule has 1 aromatic rings. The van der Waals surface area contributed by atoms with E-state index in [1.54, 1.807) is 19.1 Å². The number of anilines is 1. The number of carbonyl (C=O) groups is 1. The van der Waals surface area contributed by atoms with Crippen molar-refractivity contribution in [3.8, 4) is 0 Å². The van der Waals surface area contributed by atoms with Crippen LogP contribution in [0.25, 0.3) is 0 Å². The van der Waals surface area contributed by atoms with Crippen molar-refractivity contribution in [1.29, 1.82) is 0 Å². The molecule has 0 spiro atoms. The maximum absolute atomic E-state index is 11.6. The molecule has 1 amide bonds. The van der Waals surface area contributed by atoms with Crippen molar-refractivity contribution in [2.24, 2.45) is 5.73 Å². The third-order valence-corrected chi connectivity index (χ3v) is 3.94. The summed E-state index contributed by atoms with van der Waals surface area (Å²) in [5.74, 6) is -1.27. The van der Waals surface area contributed by atoms with Crippen molar-refractivity contribution < 1.29 is 13.2 Å². The van der Waals surface area contributed by atoms with Crippen LogP contribution >= 0.6 is 0 Å². The SMILES string of the molecule is Cc1ccc(NC(=O)CS(=O)(=O)CC(C)N)cc1. The largest absolute Gasteiger partial charge is 0.327 e. The van der Waals surface area contributed by atoms with E-state index in [0.29, 0.717) is 5.69 Å². The standard InChI is InChI=1S/C12H18N2O3S/c1-9-3-5-11(6-4-9)14-12(15)8-18(16,17)7-10(2)13/h3-6,10H,7-8,13H2,1-2H3,(H,14,15). The zero-order chi connectivity index (χ0) is 13.8. The summed E-state index contributed by atoms with van der Waals surface area (Å²) in [6.45, 7) is 3.52. The van der Waals surface area contributed by atoms with Crippen LogP contribution in [0.2, 0.25) is 0 Å². The number of hydrogen-bond acceptors (Lipinski definition) is 4. The summed E-state index contributed by atoms with van der Waals surface area (Å²) in [6, 6.07) is 6.66. The topological polar surface area (TPSA) is 89.3 Å². The molecule has 1 atom stereocenters. The van der Waals surface area contributed by atoms with E-state index in [0.717, 1.165) is 5.56 Å². The molecule has 1 unspecified atom stereocenters. The molecule has 0 aromatic heterocycles. The molecule has 0 radical (unpaired) electrons. The van der Waals surface area contributed by atoms with Gasteiger partial charge < -0.3 is 11.1 Å². The van der Waals surface area contributed by atoms with Gasteiger partial charge in [0.15, 0.2) is 9.84 Å². The van der Waals surface area contributed by atoms with Crippen LogP contribution in [0.15, 0.2) is 24.3 Å². The molecule has 0 saturated carbocycles. The monoisotopic (exact) mass is 270 g/mol. The molecular formula is C12H18N2O3S. The normalized spacial score (nSPS) is 13.1. The highest BCUT2D eigenvalue weighted by Gasteiger charge is 2.18. The molecule has 1 aromatic carbocycles. The number of benzene rings is 1. The summed E-state index contributed by atoms with van der Waals surface area (Å²) in [5.41, 5.74) is 7.06. The Kier molecular flexibility index (Phi) is 4.86. The fraction of sp³-hybridized carbons (Fsp3) is 0.417. The number of carbonyl (C=O) groups excluding carboxylic acids is 1. The van der Waals surface area contributed by atoms with E-state index < -0.39 is 27.5 Å². The molecule has 6 heteroatoms. The molecule has 0 bridgehead atoms. The van der Waals surface area contributed by atoms with E-state index in [4.69, 9.17) is 5.73 Å². The Labute approximate surface area is 107 Å². The summed E-state index contributed by atoms with van der Waals surface area (Å²) >= 11 is 0. The maximum Gasteiger partial charge on any atom is 0.239 e. The first-order chi connectivity index (χ1) is 8.28. The Morgan fingerprint density at radius 1 is 1.33 bits per heavy atom. The van der Waals surface area contributed by atoms with Gasteiger partial charge in [0, 0.05) is 11.7 Å². The molecule has 0 saturated heterocycles. The number of nitrogens with one attached hydrogen (secondary N) is 1. The van der Waals surface area contributed by atoms with Gasteiger partial charge in [0.25, 0.3) is 0 Å². The van der Waals surface area contributed by atoms with Crippen molar-refractivity contribution >= 4 is 21.4 Å². The summed E-state index contributed by atoms with van der Waals surface area (Å²) in [7, 11) is -3.45. The molecule has 100 valence electrons. The molecule has 0 fully saturated rings. The first kappa shape index (κ1) is 14.7. The molecule has 0 heterocycles. The van der Waals surface area contributed by atoms with E-state index in [9.17, 15) is 13.2 Å². The van der Waals surface area contributed by atoms with Crippen LogP contribution in [0.5, 0.6) is 0 Å². The van der Waals surface area contributed by atoms with Crippen LogP contribution in [-0.4, -0.2) is 31.9 Å². The van der Waals surface area contributed by atoms with Crippen molar-refractivity contribution in [2.75, 3.05) is 16.8 Å². The lowest BCUT2D eigenvalue weighted by molar-refractivity contribution is -0.113. The molecular weight excluding hydrogens is 252 g/mol. The molecule has 3 N–H and O–H groups in total. The number of hydrogen-bond donors (Lipinski definition) is 2. The average molecular weight is 270 g/mol. The number of aryl methyl sites for hydroxylation is 1. The van der Waals surface area contributed by atoms with Crippen LogP contribution in [0.4, 0.5) is 5.69 Å². The number of rotatable bonds is 5. The number of amides is 1. The Hall–Kier alpha value is -1.40. The summed E-state index contributed by atoms with van der Waals surface area (Å²) in [5, 5.41) is 2.54. The highest BCUT2D eigenvalue weighted by molar-refractivity contribution is 7.92. The van der Waals surface area contributed by atoms with Crippen LogP contribution in [0, 0.1) is 6.92 Å². The van der Waals surface area contributed by atoms with Gasteiger partial charge in [0.05, 0.1) is 5.75 Å². The van der Waals surface area contributed by atoms with Gasteiger partial charge in [-0.15, -0.1) is 0 Å². The first-order valence-electron chi connectivity index (χ1n) is 5.61. The van der Waals surface area contributed by atoms with E-state index in [1.807, 2.05) is 19.1 Å². The third-order valence-electron chi connectivity index (χ3n) is 2.20. The molecule has 0 aliphatic heterocycles. The van der Waals surface area contributed by atoms with Crippen LogP contribution in [-0.2, 0) is 14.6 Å².